The number of aromatic hydroxyl groups is 1. The summed E-state index contributed by atoms with van der Waals surface area (Å²) in [5.41, 5.74) is 5.21. The van der Waals surface area contributed by atoms with Crippen molar-refractivity contribution in [3.8, 4) is 5.75 Å². The summed E-state index contributed by atoms with van der Waals surface area (Å²) in [5, 5.41) is 29.3. The standard InChI is InChI=1S/C29H33N3O3/c1-28(2,3)23-16-20(17-24(27(23)33)29(4,5)6)26-18-25(19-12-14-22(15-13-19)32(34)35)30-31(26)21-10-8-7-9-11-21/h7-17,26,33H,18H2,1-6H3/t26-/m1/s1. The molecule has 6 nitrogen and oxygen atoms in total. The van der Waals surface area contributed by atoms with Gasteiger partial charge in [0, 0.05) is 18.6 Å². The maximum absolute atomic E-state index is 11.2. The number of nitrogens with zero attached hydrogens (tertiary/aromatic N) is 3. The van der Waals surface area contributed by atoms with Crippen molar-refractivity contribution in [2.75, 3.05) is 5.01 Å². The highest BCUT2D eigenvalue weighted by Crippen LogP contribution is 2.44. The van der Waals surface area contributed by atoms with E-state index in [1.165, 1.54) is 12.1 Å². The number of non-ortho nitro benzene ring substituents is 1. The zero-order valence-corrected chi connectivity index (χ0v) is 21.2. The molecule has 4 rings (SSSR count). The number of para-hydroxylation sites is 1. The molecule has 1 heterocycles. The lowest BCUT2D eigenvalue weighted by atomic mass is 9.77. The van der Waals surface area contributed by atoms with Gasteiger partial charge in [0.25, 0.3) is 5.69 Å². The van der Waals surface area contributed by atoms with Crippen LogP contribution in [-0.2, 0) is 10.8 Å². The van der Waals surface area contributed by atoms with Crippen LogP contribution in [0.2, 0.25) is 0 Å². The van der Waals surface area contributed by atoms with Crippen molar-refractivity contribution in [2.45, 2.75) is 64.8 Å². The Labute approximate surface area is 207 Å². The van der Waals surface area contributed by atoms with Gasteiger partial charge in [0.15, 0.2) is 0 Å². The second kappa shape index (κ2) is 8.84. The van der Waals surface area contributed by atoms with Crippen molar-refractivity contribution < 1.29 is 10.0 Å². The van der Waals surface area contributed by atoms with Gasteiger partial charge in [-0.25, -0.2) is 0 Å². The molecule has 6 heteroatoms. The average Bonchev–Trinajstić information content (AvgIpc) is 3.24. The van der Waals surface area contributed by atoms with Crippen molar-refractivity contribution in [3.63, 3.8) is 0 Å². The summed E-state index contributed by atoms with van der Waals surface area (Å²) in [6.45, 7) is 12.7. The van der Waals surface area contributed by atoms with Gasteiger partial charge in [-0.15, -0.1) is 0 Å². The van der Waals surface area contributed by atoms with Gasteiger partial charge in [-0.05, 0) is 69.5 Å². The first kappa shape index (κ1) is 24.5. The minimum absolute atomic E-state index is 0.0620. The topological polar surface area (TPSA) is 79.0 Å². The first-order chi connectivity index (χ1) is 16.4. The van der Waals surface area contributed by atoms with Gasteiger partial charge in [0.05, 0.1) is 22.4 Å². The lowest BCUT2D eigenvalue weighted by Gasteiger charge is -2.31. The number of nitro benzene ring substituents is 1. The normalized spacial score (nSPS) is 16.3. The van der Waals surface area contributed by atoms with Gasteiger partial charge in [0.2, 0.25) is 0 Å². The Morgan fingerprint density at radius 2 is 1.46 bits per heavy atom. The smallest absolute Gasteiger partial charge is 0.269 e. The molecule has 3 aromatic rings. The van der Waals surface area contributed by atoms with Gasteiger partial charge < -0.3 is 5.11 Å². The van der Waals surface area contributed by atoms with Gasteiger partial charge >= 0.3 is 0 Å². The van der Waals surface area contributed by atoms with E-state index >= 15 is 0 Å². The van der Waals surface area contributed by atoms with Crippen molar-refractivity contribution in [2.24, 2.45) is 5.10 Å². The molecule has 0 amide bonds. The molecule has 0 radical (unpaired) electrons. The van der Waals surface area contributed by atoms with Crippen LogP contribution in [0.25, 0.3) is 0 Å². The molecule has 0 spiro atoms. The largest absolute Gasteiger partial charge is 0.507 e. The summed E-state index contributed by atoms with van der Waals surface area (Å²) in [6.07, 6.45) is 0.643. The van der Waals surface area contributed by atoms with Crippen LogP contribution in [0.15, 0.2) is 71.8 Å². The van der Waals surface area contributed by atoms with Crippen LogP contribution >= 0.6 is 0 Å². The lowest BCUT2D eigenvalue weighted by Crippen LogP contribution is -2.22. The fourth-order valence-electron chi connectivity index (χ4n) is 4.53. The SMILES string of the molecule is CC(C)(C)c1cc([C@H]2CC(c3ccc([N+](=O)[O-])cc3)=NN2c2ccccc2)cc(C(C)(C)C)c1O. The van der Waals surface area contributed by atoms with Gasteiger partial charge in [-0.3, -0.25) is 15.1 Å². The number of benzene rings is 3. The predicted octanol–water partition coefficient (Wildman–Crippen LogP) is 7.25. The molecule has 1 atom stereocenters. The third kappa shape index (κ3) is 4.92. The predicted molar refractivity (Wildman–Crippen MR) is 141 cm³/mol. The van der Waals surface area contributed by atoms with Crippen molar-refractivity contribution in [1.82, 2.24) is 0 Å². The van der Waals surface area contributed by atoms with E-state index in [1.807, 2.05) is 35.3 Å². The summed E-state index contributed by atoms with van der Waals surface area (Å²) in [4.78, 5) is 10.7. The second-order valence-corrected chi connectivity index (χ2v) is 11.2. The molecule has 0 aromatic heterocycles. The quantitative estimate of drug-likeness (QED) is 0.321. The van der Waals surface area contributed by atoms with Gasteiger partial charge in [-0.1, -0.05) is 59.7 Å². The number of phenols is 1. The van der Waals surface area contributed by atoms with E-state index in [-0.39, 0.29) is 22.6 Å². The molecule has 0 unspecified atom stereocenters. The molecule has 35 heavy (non-hydrogen) atoms. The highest BCUT2D eigenvalue weighted by Gasteiger charge is 2.34. The van der Waals surface area contributed by atoms with Crippen LogP contribution < -0.4 is 5.01 Å². The highest BCUT2D eigenvalue weighted by atomic mass is 16.6. The van der Waals surface area contributed by atoms with Crippen LogP contribution in [0, 0.1) is 10.1 Å². The third-order valence-electron chi connectivity index (χ3n) is 6.48. The molecule has 0 aliphatic carbocycles. The van der Waals surface area contributed by atoms with E-state index < -0.39 is 4.92 Å². The Morgan fingerprint density at radius 3 is 1.94 bits per heavy atom. The minimum Gasteiger partial charge on any atom is -0.507 e. The minimum atomic E-state index is -0.391. The number of phenolic OH excluding ortho intramolecular Hbond substituents is 1. The number of hydrogen-bond acceptors (Lipinski definition) is 5. The fraction of sp³-hybridized carbons (Fsp3) is 0.345. The maximum atomic E-state index is 11.2. The molecule has 0 saturated carbocycles. The van der Waals surface area contributed by atoms with Crippen LogP contribution in [0.5, 0.6) is 5.75 Å². The molecule has 0 fully saturated rings. The van der Waals surface area contributed by atoms with E-state index in [2.05, 4.69) is 53.7 Å². The van der Waals surface area contributed by atoms with Crippen molar-refractivity contribution in [3.05, 3.63) is 99.1 Å². The molecule has 1 aliphatic rings. The molecule has 1 aliphatic heterocycles. The number of hydrogen-bond donors (Lipinski definition) is 1. The molecular formula is C29H33N3O3. The van der Waals surface area contributed by atoms with E-state index in [0.29, 0.717) is 12.2 Å². The lowest BCUT2D eigenvalue weighted by molar-refractivity contribution is -0.384. The summed E-state index contributed by atoms with van der Waals surface area (Å²) >= 11 is 0. The molecule has 182 valence electrons. The average molecular weight is 472 g/mol. The van der Waals surface area contributed by atoms with Crippen LogP contribution in [0.4, 0.5) is 11.4 Å². The Bertz CT molecular complexity index is 1230. The van der Waals surface area contributed by atoms with E-state index in [0.717, 1.165) is 33.7 Å². The summed E-state index contributed by atoms with van der Waals surface area (Å²) in [5.74, 6) is 0.356. The molecule has 0 bridgehead atoms. The zero-order valence-electron chi connectivity index (χ0n) is 21.2. The third-order valence-corrected chi connectivity index (χ3v) is 6.48. The van der Waals surface area contributed by atoms with Gasteiger partial charge in [-0.2, -0.15) is 5.10 Å². The first-order valence-corrected chi connectivity index (χ1v) is 11.9. The number of rotatable bonds is 4. The molecular weight excluding hydrogens is 438 g/mol. The summed E-state index contributed by atoms with van der Waals surface area (Å²) in [6, 6.07) is 20.7. The Kier molecular flexibility index (Phi) is 6.18. The maximum Gasteiger partial charge on any atom is 0.269 e. The molecule has 1 N–H and O–H groups in total. The van der Waals surface area contributed by atoms with Crippen LogP contribution in [0.1, 0.15) is 76.3 Å². The van der Waals surface area contributed by atoms with E-state index in [9.17, 15) is 15.2 Å². The second-order valence-electron chi connectivity index (χ2n) is 11.2. The molecule has 0 saturated heterocycles. The molecule has 3 aromatic carbocycles. The van der Waals surface area contributed by atoms with E-state index in [4.69, 9.17) is 5.10 Å². The number of hydrazone groups is 1. The van der Waals surface area contributed by atoms with Crippen molar-refractivity contribution in [1.29, 1.82) is 0 Å². The van der Waals surface area contributed by atoms with E-state index in [1.54, 1.807) is 12.1 Å². The number of nitro groups is 1. The van der Waals surface area contributed by atoms with Crippen LogP contribution in [0.3, 0.4) is 0 Å². The number of anilines is 1. The van der Waals surface area contributed by atoms with Crippen LogP contribution in [-0.4, -0.2) is 15.7 Å². The first-order valence-electron chi connectivity index (χ1n) is 11.9. The van der Waals surface area contributed by atoms with Crippen molar-refractivity contribution >= 4 is 17.1 Å². The monoisotopic (exact) mass is 471 g/mol. The Balaban J connectivity index is 1.84. The highest BCUT2D eigenvalue weighted by molar-refractivity contribution is 6.03. The fourth-order valence-corrected chi connectivity index (χ4v) is 4.53. The van der Waals surface area contributed by atoms with Gasteiger partial charge in [0.1, 0.15) is 5.75 Å². The Hall–Kier alpha value is -3.67. The Morgan fingerprint density at radius 1 is 0.914 bits per heavy atom. The summed E-state index contributed by atoms with van der Waals surface area (Å²) in [7, 11) is 0. The summed E-state index contributed by atoms with van der Waals surface area (Å²) < 4.78 is 0. The zero-order chi connectivity index (χ0) is 25.5.